The zero-order chi connectivity index (χ0) is 25.7. The van der Waals surface area contributed by atoms with E-state index in [0.717, 1.165) is 6.07 Å². The molecule has 186 valence electrons. The van der Waals surface area contributed by atoms with E-state index >= 15 is 0 Å². The molecule has 3 rings (SSSR count). The molecule has 1 heterocycles. The van der Waals surface area contributed by atoms with Gasteiger partial charge in [-0.05, 0) is 44.2 Å². The molecule has 8 nitrogen and oxygen atoms in total. The molecule has 1 aromatic heterocycles. The van der Waals surface area contributed by atoms with Crippen molar-refractivity contribution < 1.29 is 22.8 Å². The summed E-state index contributed by atoms with van der Waals surface area (Å²) in [6.07, 6.45) is 0.602. The lowest BCUT2D eigenvalue weighted by Gasteiger charge is -2.20. The fourth-order valence-corrected chi connectivity index (χ4v) is 3.64. The Kier molecular flexibility index (Phi) is 8.13. The van der Waals surface area contributed by atoms with Crippen LogP contribution in [0.25, 0.3) is 5.69 Å². The van der Waals surface area contributed by atoms with E-state index in [2.05, 4.69) is 10.6 Å². The van der Waals surface area contributed by atoms with E-state index in [4.69, 9.17) is 0 Å². The van der Waals surface area contributed by atoms with Gasteiger partial charge in [0.05, 0.1) is 30.2 Å². The van der Waals surface area contributed by atoms with Crippen molar-refractivity contribution >= 4 is 23.2 Å². The van der Waals surface area contributed by atoms with E-state index in [1.54, 1.807) is 42.9 Å². The van der Waals surface area contributed by atoms with E-state index < -0.39 is 40.5 Å². The number of hydrogen-bond acceptors (Lipinski definition) is 4. The summed E-state index contributed by atoms with van der Waals surface area (Å²) < 4.78 is 43.4. The fraction of sp³-hybridized carbons (Fsp3) is 0.292. The molecule has 0 unspecified atom stereocenters. The van der Waals surface area contributed by atoms with E-state index in [-0.39, 0.29) is 18.8 Å². The molecule has 0 bridgehead atoms. The quantitative estimate of drug-likeness (QED) is 0.452. The van der Waals surface area contributed by atoms with Crippen molar-refractivity contribution in [1.29, 1.82) is 0 Å². The topological polar surface area (TPSA) is 88.4 Å². The van der Waals surface area contributed by atoms with Crippen molar-refractivity contribution in [2.75, 3.05) is 30.3 Å². The zero-order valence-electron chi connectivity index (χ0n) is 19.6. The normalized spacial score (nSPS) is 11.1. The summed E-state index contributed by atoms with van der Waals surface area (Å²) in [5, 5.41) is 4.81. The van der Waals surface area contributed by atoms with Gasteiger partial charge in [0.15, 0.2) is 17.5 Å². The minimum atomic E-state index is -1.69. The lowest BCUT2D eigenvalue weighted by Crippen LogP contribution is -2.39. The molecule has 0 atom stereocenters. The van der Waals surface area contributed by atoms with Crippen LogP contribution in [0.4, 0.5) is 24.5 Å². The Labute approximate surface area is 199 Å². The van der Waals surface area contributed by atoms with Gasteiger partial charge in [0.1, 0.15) is 5.69 Å². The molecule has 2 N–H and O–H groups in total. The second kappa shape index (κ2) is 11.0. The van der Waals surface area contributed by atoms with Crippen LogP contribution in [0.3, 0.4) is 0 Å². The largest absolute Gasteiger partial charge is 0.322 e. The summed E-state index contributed by atoms with van der Waals surface area (Å²) in [6.45, 7) is 3.37. The van der Waals surface area contributed by atoms with Crippen LogP contribution in [-0.4, -0.2) is 45.7 Å². The number of carbonyl (C=O) groups excluding carboxylic acids is 2. The molecule has 0 spiro atoms. The van der Waals surface area contributed by atoms with E-state index in [1.807, 2.05) is 13.0 Å². The molecule has 0 radical (unpaired) electrons. The number of rotatable bonds is 9. The van der Waals surface area contributed by atoms with Gasteiger partial charge in [0.25, 0.3) is 5.56 Å². The average Bonchev–Trinajstić information content (AvgIpc) is 3.03. The van der Waals surface area contributed by atoms with Gasteiger partial charge >= 0.3 is 0 Å². The second-order valence-electron chi connectivity index (χ2n) is 7.97. The number of anilines is 2. The summed E-state index contributed by atoms with van der Waals surface area (Å²) in [7, 11) is 1.70. The van der Waals surface area contributed by atoms with Crippen molar-refractivity contribution in [3.05, 3.63) is 76.0 Å². The molecule has 0 aliphatic heterocycles. The summed E-state index contributed by atoms with van der Waals surface area (Å²) in [6, 6.07) is 10.6. The zero-order valence-corrected chi connectivity index (χ0v) is 19.6. The van der Waals surface area contributed by atoms with Crippen LogP contribution in [0.15, 0.2) is 47.3 Å². The molecule has 0 aliphatic rings. The minimum Gasteiger partial charge on any atom is -0.322 e. The third-order valence-corrected chi connectivity index (χ3v) is 5.40. The Morgan fingerprint density at radius 1 is 0.943 bits per heavy atom. The molecule has 0 saturated heterocycles. The van der Waals surface area contributed by atoms with Crippen LogP contribution in [0.2, 0.25) is 0 Å². The Morgan fingerprint density at radius 2 is 1.57 bits per heavy atom. The first-order chi connectivity index (χ1) is 16.6. The lowest BCUT2D eigenvalue weighted by atomic mass is 10.2. The first-order valence-corrected chi connectivity index (χ1v) is 10.9. The maximum atomic E-state index is 13.9. The second-order valence-corrected chi connectivity index (χ2v) is 7.97. The Bertz CT molecular complexity index is 1290. The van der Waals surface area contributed by atoms with E-state index in [9.17, 15) is 27.6 Å². The predicted octanol–water partition coefficient (Wildman–Crippen LogP) is 3.19. The fourth-order valence-electron chi connectivity index (χ4n) is 3.64. The number of aromatic nitrogens is 2. The minimum absolute atomic E-state index is 0.117. The van der Waals surface area contributed by atoms with Gasteiger partial charge in [-0.25, -0.2) is 17.9 Å². The summed E-state index contributed by atoms with van der Waals surface area (Å²) in [4.78, 5) is 39.6. The molecule has 0 aliphatic carbocycles. The van der Waals surface area contributed by atoms with Crippen molar-refractivity contribution in [3.8, 4) is 5.69 Å². The lowest BCUT2D eigenvalue weighted by molar-refractivity contribution is -0.120. The highest BCUT2D eigenvalue weighted by atomic mass is 19.2. The van der Waals surface area contributed by atoms with Gasteiger partial charge in [-0.2, -0.15) is 0 Å². The number of para-hydroxylation sites is 1. The first-order valence-electron chi connectivity index (χ1n) is 10.9. The average molecular weight is 489 g/mol. The first kappa shape index (κ1) is 25.8. The van der Waals surface area contributed by atoms with Crippen molar-refractivity contribution in [2.24, 2.45) is 7.05 Å². The van der Waals surface area contributed by atoms with Crippen molar-refractivity contribution in [2.45, 2.75) is 20.3 Å². The Morgan fingerprint density at radius 3 is 2.20 bits per heavy atom. The maximum Gasteiger partial charge on any atom is 0.295 e. The van der Waals surface area contributed by atoms with E-state index in [0.29, 0.717) is 30.4 Å². The molecular formula is C24H26F3N5O3. The van der Waals surface area contributed by atoms with Gasteiger partial charge in [0, 0.05) is 7.05 Å². The van der Waals surface area contributed by atoms with Gasteiger partial charge in [-0.1, -0.05) is 25.1 Å². The Hall–Kier alpha value is -3.86. The van der Waals surface area contributed by atoms with Crippen molar-refractivity contribution in [1.82, 2.24) is 14.3 Å². The van der Waals surface area contributed by atoms with Gasteiger partial charge < -0.3 is 10.6 Å². The third-order valence-electron chi connectivity index (χ3n) is 5.40. The highest BCUT2D eigenvalue weighted by molar-refractivity contribution is 5.95. The third kappa shape index (κ3) is 5.80. The smallest absolute Gasteiger partial charge is 0.295 e. The highest BCUT2D eigenvalue weighted by Gasteiger charge is 2.21. The summed E-state index contributed by atoms with van der Waals surface area (Å²) in [5.74, 6) is -5.79. The maximum absolute atomic E-state index is 13.9. The van der Waals surface area contributed by atoms with Crippen LogP contribution in [0.5, 0.6) is 0 Å². The Balaban J connectivity index is 1.70. The molecular weight excluding hydrogens is 463 g/mol. The molecule has 35 heavy (non-hydrogen) atoms. The van der Waals surface area contributed by atoms with Crippen LogP contribution in [0.1, 0.15) is 19.0 Å². The molecule has 11 heteroatoms. The molecule has 2 amide bonds. The number of nitrogens with one attached hydrogen (secondary N) is 2. The van der Waals surface area contributed by atoms with Gasteiger partial charge in [-0.15, -0.1) is 0 Å². The summed E-state index contributed by atoms with van der Waals surface area (Å²) in [5.41, 5.74) is 0.388. The SMILES string of the molecule is CCCN(CC(=O)Nc1ccc(F)c(F)c1F)CC(=O)Nc1c(C)n(C)n(-c2ccccc2)c1=O. The highest BCUT2D eigenvalue weighted by Crippen LogP contribution is 2.19. The van der Waals surface area contributed by atoms with Crippen LogP contribution in [0, 0.1) is 24.4 Å². The number of amides is 2. The predicted molar refractivity (Wildman–Crippen MR) is 126 cm³/mol. The van der Waals surface area contributed by atoms with Gasteiger partial charge in [-0.3, -0.25) is 24.0 Å². The van der Waals surface area contributed by atoms with Crippen LogP contribution < -0.4 is 16.2 Å². The monoisotopic (exact) mass is 489 g/mol. The van der Waals surface area contributed by atoms with E-state index in [1.165, 1.54) is 9.58 Å². The molecule has 0 fully saturated rings. The molecule has 0 saturated carbocycles. The molecule has 3 aromatic rings. The number of nitrogens with zero attached hydrogens (tertiary/aromatic N) is 3. The van der Waals surface area contributed by atoms with Crippen LogP contribution >= 0.6 is 0 Å². The van der Waals surface area contributed by atoms with Crippen LogP contribution in [-0.2, 0) is 16.6 Å². The number of halogens is 3. The number of carbonyl (C=O) groups is 2. The number of hydrogen-bond donors (Lipinski definition) is 2. The number of benzene rings is 2. The molecule has 2 aromatic carbocycles. The van der Waals surface area contributed by atoms with Gasteiger partial charge in [0.2, 0.25) is 11.8 Å². The summed E-state index contributed by atoms with van der Waals surface area (Å²) >= 11 is 0. The standard InChI is InChI=1S/C24H26F3N5O3/c1-4-12-31(13-19(33)28-18-11-10-17(25)21(26)22(18)27)14-20(34)29-23-15(2)30(3)32(24(23)35)16-8-6-5-7-9-16/h5-11H,4,12-14H2,1-3H3,(H,28,33)(H,29,34). The van der Waals surface area contributed by atoms with Crippen molar-refractivity contribution in [3.63, 3.8) is 0 Å².